The summed E-state index contributed by atoms with van der Waals surface area (Å²) < 4.78 is 0.685. The number of guanidine groups is 1. The van der Waals surface area contributed by atoms with Gasteiger partial charge in [0.15, 0.2) is 5.96 Å². The van der Waals surface area contributed by atoms with Crippen molar-refractivity contribution >= 4 is 52.9 Å². The minimum absolute atomic E-state index is 0. The Labute approximate surface area is 127 Å². The number of aliphatic hydroxyl groups excluding tert-OH is 1. The molecule has 98 valence electrons. The third-order valence-corrected chi connectivity index (χ3v) is 3.29. The molecule has 1 unspecified atom stereocenters. The van der Waals surface area contributed by atoms with Crippen molar-refractivity contribution in [3.05, 3.63) is 21.3 Å². The Morgan fingerprint density at radius 3 is 2.71 bits per heavy atom. The van der Waals surface area contributed by atoms with Gasteiger partial charge in [0.25, 0.3) is 0 Å². The van der Waals surface area contributed by atoms with Crippen molar-refractivity contribution in [1.82, 2.24) is 10.6 Å². The lowest BCUT2D eigenvalue weighted by Crippen LogP contribution is -2.39. The second-order valence-electron chi connectivity index (χ2n) is 3.14. The van der Waals surface area contributed by atoms with E-state index in [0.29, 0.717) is 16.8 Å². The Bertz CT molecular complexity index is 359. The molecule has 1 aromatic rings. The van der Waals surface area contributed by atoms with E-state index in [0.717, 1.165) is 11.4 Å². The molecule has 1 aromatic heterocycles. The van der Waals surface area contributed by atoms with Gasteiger partial charge in [-0.2, -0.15) is 0 Å². The van der Waals surface area contributed by atoms with Crippen LogP contribution in [0.25, 0.3) is 0 Å². The number of nitrogens with zero attached hydrogens (tertiary/aromatic N) is 1. The maximum absolute atomic E-state index is 9.85. The van der Waals surface area contributed by atoms with Crippen LogP contribution in [0.5, 0.6) is 0 Å². The fraction of sp³-hybridized carbons (Fsp3) is 0.500. The maximum atomic E-state index is 9.85. The van der Waals surface area contributed by atoms with Crippen molar-refractivity contribution in [2.24, 2.45) is 4.99 Å². The smallest absolute Gasteiger partial charge is 0.191 e. The molecule has 0 spiro atoms. The number of halogens is 2. The Kier molecular flexibility index (Phi) is 8.93. The largest absolute Gasteiger partial charge is 0.386 e. The zero-order valence-electron chi connectivity index (χ0n) is 9.74. The molecule has 0 aromatic carbocycles. The molecule has 0 aliphatic rings. The normalized spacial score (nSPS) is 12.8. The van der Waals surface area contributed by atoms with Gasteiger partial charge in [0, 0.05) is 25.0 Å². The monoisotopic (exact) mass is 389 g/mol. The van der Waals surface area contributed by atoms with Gasteiger partial charge in [-0.15, -0.1) is 35.3 Å². The minimum Gasteiger partial charge on any atom is -0.386 e. The number of rotatable bonds is 4. The molecule has 0 saturated carbocycles. The highest BCUT2D eigenvalue weighted by molar-refractivity contribution is 14.0. The highest BCUT2D eigenvalue weighted by Gasteiger charge is 2.10. The van der Waals surface area contributed by atoms with Crippen molar-refractivity contribution < 1.29 is 5.11 Å². The van der Waals surface area contributed by atoms with E-state index in [1.54, 1.807) is 13.1 Å². The van der Waals surface area contributed by atoms with E-state index in [-0.39, 0.29) is 24.0 Å². The van der Waals surface area contributed by atoms with E-state index in [4.69, 9.17) is 11.6 Å². The molecular formula is C10H17ClIN3OS. The quantitative estimate of drug-likeness (QED) is 0.420. The molecule has 1 atom stereocenters. The number of nitrogens with one attached hydrogen (secondary N) is 2. The van der Waals surface area contributed by atoms with Crippen molar-refractivity contribution in [2.45, 2.75) is 13.0 Å². The summed E-state index contributed by atoms with van der Waals surface area (Å²) in [4.78, 5) is 4.86. The molecule has 0 bridgehead atoms. The van der Waals surface area contributed by atoms with Gasteiger partial charge in [0.1, 0.15) is 6.10 Å². The summed E-state index contributed by atoms with van der Waals surface area (Å²) in [5.74, 6) is 0.684. The lowest BCUT2D eigenvalue weighted by Gasteiger charge is -2.13. The van der Waals surface area contributed by atoms with Crippen molar-refractivity contribution in [1.29, 1.82) is 0 Å². The number of aliphatic hydroxyl groups is 1. The topological polar surface area (TPSA) is 56.7 Å². The van der Waals surface area contributed by atoms with Crippen LogP contribution < -0.4 is 10.6 Å². The summed E-state index contributed by atoms with van der Waals surface area (Å²) in [6.45, 7) is 3.19. The van der Waals surface area contributed by atoms with Crippen molar-refractivity contribution in [3.8, 4) is 0 Å². The molecule has 0 fully saturated rings. The van der Waals surface area contributed by atoms with Crippen LogP contribution in [0, 0.1) is 0 Å². The lowest BCUT2D eigenvalue weighted by molar-refractivity contribution is 0.184. The Balaban J connectivity index is 0.00000256. The molecule has 1 heterocycles. The van der Waals surface area contributed by atoms with E-state index < -0.39 is 6.10 Å². The summed E-state index contributed by atoms with van der Waals surface area (Å²) in [5, 5.41) is 15.9. The standard InChI is InChI=1S/C10H16ClN3OS.HI/c1-3-13-10(12-2)14-6-7(15)8-4-5-9(11)16-8;/h4-5,7,15H,3,6H2,1-2H3,(H2,12,13,14);1H. The van der Waals surface area contributed by atoms with Crippen LogP contribution in [0.2, 0.25) is 4.34 Å². The van der Waals surface area contributed by atoms with Gasteiger partial charge in [0.05, 0.1) is 4.34 Å². The van der Waals surface area contributed by atoms with Gasteiger partial charge in [-0.1, -0.05) is 11.6 Å². The van der Waals surface area contributed by atoms with E-state index in [9.17, 15) is 5.11 Å². The number of hydrogen-bond acceptors (Lipinski definition) is 3. The summed E-state index contributed by atoms with van der Waals surface area (Å²) in [5.41, 5.74) is 0. The van der Waals surface area contributed by atoms with Crippen LogP contribution in [0.15, 0.2) is 17.1 Å². The minimum atomic E-state index is -0.562. The first-order chi connectivity index (χ1) is 7.67. The second kappa shape index (κ2) is 8.96. The molecular weight excluding hydrogens is 373 g/mol. The fourth-order valence-corrected chi connectivity index (χ4v) is 2.24. The Morgan fingerprint density at radius 1 is 1.53 bits per heavy atom. The molecule has 1 rings (SSSR count). The van der Waals surface area contributed by atoms with Crippen LogP contribution in [0.1, 0.15) is 17.9 Å². The van der Waals surface area contributed by atoms with Gasteiger partial charge in [-0.05, 0) is 19.1 Å². The van der Waals surface area contributed by atoms with E-state index in [1.165, 1.54) is 11.3 Å². The SMILES string of the molecule is CCNC(=NC)NCC(O)c1ccc(Cl)s1.I. The number of hydrogen-bond donors (Lipinski definition) is 3. The third kappa shape index (κ3) is 5.89. The van der Waals surface area contributed by atoms with E-state index in [2.05, 4.69) is 15.6 Å². The van der Waals surface area contributed by atoms with Crippen LogP contribution in [0.3, 0.4) is 0 Å². The summed E-state index contributed by atoms with van der Waals surface area (Å²) in [7, 11) is 1.69. The average Bonchev–Trinajstić information content (AvgIpc) is 2.70. The predicted octanol–water partition coefficient (Wildman–Crippen LogP) is 2.24. The highest BCUT2D eigenvalue weighted by Crippen LogP contribution is 2.26. The Hall–Kier alpha value is -0.0500. The van der Waals surface area contributed by atoms with Crippen LogP contribution in [-0.4, -0.2) is 31.2 Å². The first-order valence-corrected chi connectivity index (χ1v) is 6.24. The molecule has 4 nitrogen and oxygen atoms in total. The van der Waals surface area contributed by atoms with E-state index in [1.807, 2.05) is 13.0 Å². The van der Waals surface area contributed by atoms with Crippen LogP contribution in [-0.2, 0) is 0 Å². The van der Waals surface area contributed by atoms with Gasteiger partial charge >= 0.3 is 0 Å². The fourth-order valence-electron chi connectivity index (χ4n) is 1.19. The summed E-state index contributed by atoms with van der Waals surface area (Å²) in [6.07, 6.45) is -0.562. The molecule has 0 saturated heterocycles. The molecule has 0 aliphatic heterocycles. The number of aliphatic imine (C=N–C) groups is 1. The van der Waals surface area contributed by atoms with Crippen molar-refractivity contribution in [3.63, 3.8) is 0 Å². The molecule has 17 heavy (non-hydrogen) atoms. The van der Waals surface area contributed by atoms with E-state index >= 15 is 0 Å². The van der Waals surface area contributed by atoms with Gasteiger partial charge in [-0.3, -0.25) is 4.99 Å². The van der Waals surface area contributed by atoms with Crippen molar-refractivity contribution in [2.75, 3.05) is 20.1 Å². The molecule has 3 N–H and O–H groups in total. The zero-order valence-corrected chi connectivity index (χ0v) is 13.6. The summed E-state index contributed by atoms with van der Waals surface area (Å²) in [6, 6.07) is 3.61. The molecule has 0 radical (unpaired) electrons. The van der Waals surface area contributed by atoms with Gasteiger partial charge < -0.3 is 15.7 Å². The maximum Gasteiger partial charge on any atom is 0.191 e. The first-order valence-electron chi connectivity index (χ1n) is 5.05. The van der Waals surface area contributed by atoms with Gasteiger partial charge in [0.2, 0.25) is 0 Å². The molecule has 0 aliphatic carbocycles. The Morgan fingerprint density at radius 2 is 2.24 bits per heavy atom. The highest BCUT2D eigenvalue weighted by atomic mass is 127. The second-order valence-corrected chi connectivity index (χ2v) is 4.89. The summed E-state index contributed by atoms with van der Waals surface area (Å²) >= 11 is 7.18. The van der Waals surface area contributed by atoms with Crippen LogP contribution >= 0.6 is 46.9 Å². The average molecular weight is 390 g/mol. The molecule has 7 heteroatoms. The lowest BCUT2D eigenvalue weighted by atomic mass is 10.3. The number of thiophene rings is 1. The predicted molar refractivity (Wildman–Crippen MR) is 84.7 cm³/mol. The third-order valence-electron chi connectivity index (χ3n) is 1.95. The zero-order chi connectivity index (χ0) is 12.0. The molecule has 0 amide bonds. The van der Waals surface area contributed by atoms with Crippen LogP contribution in [0.4, 0.5) is 0 Å². The first kappa shape index (κ1) is 16.9. The van der Waals surface area contributed by atoms with Gasteiger partial charge in [-0.25, -0.2) is 0 Å².